The number of hydrogen-bond acceptors (Lipinski definition) is 5. The summed E-state index contributed by atoms with van der Waals surface area (Å²) in [7, 11) is -3.88. The molecule has 0 fully saturated rings. The van der Waals surface area contributed by atoms with Crippen LogP contribution in [0.1, 0.15) is 17.1 Å². The van der Waals surface area contributed by atoms with E-state index in [1.807, 2.05) is 0 Å². The summed E-state index contributed by atoms with van der Waals surface area (Å²) in [4.78, 5) is 0. The van der Waals surface area contributed by atoms with Crippen molar-refractivity contribution in [2.75, 3.05) is 0 Å². The Bertz CT molecular complexity index is 592. The maximum atomic E-state index is 11.6. The SMILES string of the molecule is Cc1c2oc3c1OS(=O)(=O)C3(C#N)C2. The van der Waals surface area contributed by atoms with Gasteiger partial charge in [0.15, 0.2) is 11.5 Å². The van der Waals surface area contributed by atoms with E-state index < -0.39 is 14.9 Å². The highest BCUT2D eigenvalue weighted by Crippen LogP contribution is 2.55. The Morgan fingerprint density at radius 1 is 1.57 bits per heavy atom. The molecule has 2 aliphatic rings. The molecule has 1 unspecified atom stereocenters. The molecule has 0 aliphatic carbocycles. The average molecular weight is 211 g/mol. The van der Waals surface area contributed by atoms with Gasteiger partial charge in [0.25, 0.3) is 4.75 Å². The van der Waals surface area contributed by atoms with E-state index in [1.165, 1.54) is 0 Å². The van der Waals surface area contributed by atoms with Gasteiger partial charge in [-0.15, -0.1) is 0 Å². The van der Waals surface area contributed by atoms with Crippen molar-refractivity contribution in [3.63, 3.8) is 0 Å². The highest BCUT2D eigenvalue weighted by Gasteiger charge is 2.64. The summed E-state index contributed by atoms with van der Waals surface area (Å²) < 4.78 is 31.6. The molecule has 2 bridgehead atoms. The first-order chi connectivity index (χ1) is 6.52. The fraction of sp³-hybridized carbons (Fsp3) is 0.375. The fourth-order valence-corrected chi connectivity index (χ4v) is 3.26. The van der Waals surface area contributed by atoms with Crippen LogP contribution in [0, 0.1) is 18.3 Å². The van der Waals surface area contributed by atoms with Gasteiger partial charge in [-0.3, -0.25) is 0 Å². The standard InChI is InChI=1S/C8H5NO4S/c1-4-5-2-8(3-9)7(12-5)6(4)13-14(8,10)11/h2H2,1H3. The Kier molecular flexibility index (Phi) is 1.02. The molecule has 2 aliphatic heterocycles. The smallest absolute Gasteiger partial charge is 0.337 e. The quantitative estimate of drug-likeness (QED) is 0.586. The van der Waals surface area contributed by atoms with Gasteiger partial charge in [0.1, 0.15) is 5.76 Å². The zero-order valence-electron chi connectivity index (χ0n) is 7.20. The predicted octanol–water partition coefficient (Wildman–Crippen LogP) is 0.585. The molecule has 5 nitrogen and oxygen atoms in total. The lowest BCUT2D eigenvalue weighted by Gasteiger charge is -2.08. The van der Waals surface area contributed by atoms with Crippen LogP contribution >= 0.6 is 0 Å². The maximum Gasteiger partial charge on any atom is 0.337 e. The highest BCUT2D eigenvalue weighted by molar-refractivity contribution is 7.88. The van der Waals surface area contributed by atoms with E-state index >= 15 is 0 Å². The summed E-state index contributed by atoms with van der Waals surface area (Å²) in [5.74, 6) is 0.915. The highest BCUT2D eigenvalue weighted by atomic mass is 32.2. The van der Waals surface area contributed by atoms with Crippen molar-refractivity contribution in [1.29, 1.82) is 5.26 Å². The summed E-state index contributed by atoms with van der Waals surface area (Å²) in [6.45, 7) is 1.72. The van der Waals surface area contributed by atoms with E-state index in [4.69, 9.17) is 13.9 Å². The molecular formula is C8H5NO4S. The summed E-state index contributed by atoms with van der Waals surface area (Å²) >= 11 is 0. The minimum atomic E-state index is -3.88. The Morgan fingerprint density at radius 3 is 2.86 bits per heavy atom. The lowest BCUT2D eigenvalue weighted by Crippen LogP contribution is -2.31. The molecule has 1 aromatic heterocycles. The first-order valence-electron chi connectivity index (χ1n) is 4.00. The van der Waals surface area contributed by atoms with Gasteiger partial charge < -0.3 is 8.60 Å². The summed E-state index contributed by atoms with van der Waals surface area (Å²) in [5.41, 5.74) is 0.687. The molecule has 0 amide bonds. The summed E-state index contributed by atoms with van der Waals surface area (Å²) in [5, 5.41) is 8.94. The third-order valence-corrected chi connectivity index (χ3v) is 4.43. The van der Waals surface area contributed by atoms with Crippen molar-refractivity contribution in [3.05, 3.63) is 17.1 Å². The van der Waals surface area contributed by atoms with E-state index in [2.05, 4.69) is 0 Å². The van der Waals surface area contributed by atoms with Crippen LogP contribution in [0.25, 0.3) is 0 Å². The van der Waals surface area contributed by atoms with Gasteiger partial charge in [-0.05, 0) is 6.92 Å². The number of fused-ring (bicyclic) bond motifs is 1. The molecule has 3 rings (SSSR count). The summed E-state index contributed by atoms with van der Waals surface area (Å²) in [6, 6.07) is 1.78. The third-order valence-electron chi connectivity index (χ3n) is 2.77. The van der Waals surface area contributed by atoms with Crippen LogP contribution in [-0.2, 0) is 21.3 Å². The van der Waals surface area contributed by atoms with Crippen molar-refractivity contribution >= 4 is 10.1 Å². The topological polar surface area (TPSA) is 80.3 Å². The Morgan fingerprint density at radius 2 is 2.29 bits per heavy atom. The van der Waals surface area contributed by atoms with Crippen LogP contribution in [0.4, 0.5) is 0 Å². The lowest BCUT2D eigenvalue weighted by atomic mass is 9.95. The number of nitriles is 1. The average Bonchev–Trinajstić information content (AvgIpc) is 2.67. The van der Waals surface area contributed by atoms with Crippen LogP contribution in [0.15, 0.2) is 4.42 Å². The van der Waals surface area contributed by atoms with Gasteiger partial charge in [-0.1, -0.05) is 0 Å². The van der Waals surface area contributed by atoms with Gasteiger partial charge in [0.2, 0.25) is 0 Å². The molecule has 6 heteroatoms. The van der Waals surface area contributed by atoms with Crippen LogP contribution in [-0.4, -0.2) is 8.42 Å². The second-order valence-electron chi connectivity index (χ2n) is 3.46. The third kappa shape index (κ3) is 0.527. The van der Waals surface area contributed by atoms with Crippen LogP contribution in [0.5, 0.6) is 5.75 Å². The van der Waals surface area contributed by atoms with Crippen molar-refractivity contribution < 1.29 is 17.0 Å². The largest absolute Gasteiger partial charge is 0.459 e. The molecule has 72 valence electrons. The molecule has 0 saturated heterocycles. The molecule has 1 aromatic rings. The maximum absolute atomic E-state index is 11.6. The van der Waals surface area contributed by atoms with Crippen molar-refractivity contribution in [1.82, 2.24) is 0 Å². The van der Waals surface area contributed by atoms with Crippen molar-refractivity contribution in [3.8, 4) is 11.8 Å². The fourth-order valence-electron chi connectivity index (χ4n) is 1.91. The lowest BCUT2D eigenvalue weighted by molar-refractivity contribution is 0.485. The van der Waals surface area contributed by atoms with E-state index in [-0.39, 0.29) is 17.9 Å². The second-order valence-corrected chi connectivity index (χ2v) is 5.23. The Balaban J connectivity index is 2.46. The first-order valence-corrected chi connectivity index (χ1v) is 5.41. The van der Waals surface area contributed by atoms with Gasteiger partial charge >= 0.3 is 10.1 Å². The molecule has 0 spiro atoms. The minimum absolute atomic E-state index is 0.0799. The molecule has 0 N–H and O–H groups in total. The normalized spacial score (nSPS) is 30.0. The number of nitrogens with zero attached hydrogens (tertiary/aromatic N) is 1. The Hall–Kier alpha value is -1.48. The monoisotopic (exact) mass is 211 g/mol. The molecule has 0 saturated carbocycles. The van der Waals surface area contributed by atoms with Crippen LogP contribution in [0.3, 0.4) is 0 Å². The van der Waals surface area contributed by atoms with Crippen LogP contribution < -0.4 is 4.18 Å². The predicted molar refractivity (Wildman–Crippen MR) is 44.0 cm³/mol. The molecule has 14 heavy (non-hydrogen) atoms. The van der Waals surface area contributed by atoms with Gasteiger partial charge in [0, 0.05) is 5.56 Å². The molecule has 0 aromatic carbocycles. The number of hydrogen-bond donors (Lipinski definition) is 0. The number of rotatable bonds is 0. The zero-order valence-corrected chi connectivity index (χ0v) is 8.01. The van der Waals surface area contributed by atoms with E-state index in [0.29, 0.717) is 11.3 Å². The van der Waals surface area contributed by atoms with Gasteiger partial charge in [-0.2, -0.15) is 13.7 Å². The minimum Gasteiger partial charge on any atom is -0.459 e. The zero-order chi connectivity index (χ0) is 10.1. The molecule has 0 radical (unpaired) electrons. The first kappa shape index (κ1) is 7.88. The molecular weight excluding hydrogens is 206 g/mol. The van der Waals surface area contributed by atoms with Crippen molar-refractivity contribution in [2.45, 2.75) is 18.1 Å². The van der Waals surface area contributed by atoms with Gasteiger partial charge in [0.05, 0.1) is 12.5 Å². The van der Waals surface area contributed by atoms with Crippen LogP contribution in [0.2, 0.25) is 0 Å². The molecule has 3 heterocycles. The summed E-state index contributed by atoms with van der Waals surface area (Å²) in [6.07, 6.45) is 0.0799. The van der Waals surface area contributed by atoms with E-state index in [0.717, 1.165) is 0 Å². The van der Waals surface area contributed by atoms with E-state index in [1.54, 1.807) is 13.0 Å². The van der Waals surface area contributed by atoms with E-state index in [9.17, 15) is 8.42 Å². The van der Waals surface area contributed by atoms with Crippen molar-refractivity contribution in [2.24, 2.45) is 0 Å². The molecule has 1 atom stereocenters. The Labute approximate surface area is 80.0 Å². The second kappa shape index (κ2) is 1.81. The number of furan rings is 1. The van der Waals surface area contributed by atoms with Gasteiger partial charge in [-0.25, -0.2) is 0 Å².